The van der Waals surface area contributed by atoms with Crippen LogP contribution in [0.1, 0.15) is 33.6 Å². The second kappa shape index (κ2) is 3.25. The van der Waals surface area contributed by atoms with E-state index in [9.17, 15) is 0 Å². The fraction of sp³-hybridized carbons (Fsp3) is 1.00. The van der Waals surface area contributed by atoms with Gasteiger partial charge in [0.15, 0.2) is 0 Å². The van der Waals surface area contributed by atoms with Crippen molar-refractivity contribution in [2.24, 2.45) is 5.41 Å². The van der Waals surface area contributed by atoms with Gasteiger partial charge in [0.05, 0.1) is 12.7 Å². The monoisotopic (exact) mass is 183 g/mol. The van der Waals surface area contributed by atoms with Crippen molar-refractivity contribution in [1.29, 1.82) is 0 Å². The average molecular weight is 183 g/mol. The molecule has 0 aromatic carbocycles. The van der Waals surface area contributed by atoms with Gasteiger partial charge in [-0.1, -0.05) is 20.8 Å². The van der Waals surface area contributed by atoms with Gasteiger partial charge in [0, 0.05) is 12.6 Å². The Morgan fingerprint density at radius 2 is 2.15 bits per heavy atom. The van der Waals surface area contributed by atoms with E-state index >= 15 is 0 Å². The van der Waals surface area contributed by atoms with Crippen molar-refractivity contribution in [3.05, 3.63) is 0 Å². The number of hydrogen-bond donors (Lipinski definition) is 0. The highest BCUT2D eigenvalue weighted by molar-refractivity contribution is 4.99. The Morgan fingerprint density at radius 3 is 2.85 bits per heavy atom. The van der Waals surface area contributed by atoms with Gasteiger partial charge >= 0.3 is 0 Å². The van der Waals surface area contributed by atoms with Crippen molar-refractivity contribution in [2.75, 3.05) is 19.7 Å². The lowest BCUT2D eigenvalue weighted by molar-refractivity contribution is 0.0272. The molecule has 1 saturated carbocycles. The van der Waals surface area contributed by atoms with Crippen molar-refractivity contribution in [1.82, 2.24) is 4.90 Å². The summed E-state index contributed by atoms with van der Waals surface area (Å²) in [5.41, 5.74) is 0.475. The van der Waals surface area contributed by atoms with Gasteiger partial charge in [0.25, 0.3) is 0 Å². The summed E-state index contributed by atoms with van der Waals surface area (Å²) < 4.78 is 5.57. The summed E-state index contributed by atoms with van der Waals surface area (Å²) in [7, 11) is 0. The molecular formula is C11H21NO. The van der Waals surface area contributed by atoms with Gasteiger partial charge in [0.2, 0.25) is 0 Å². The van der Waals surface area contributed by atoms with E-state index in [-0.39, 0.29) is 0 Å². The molecule has 2 fully saturated rings. The Morgan fingerprint density at radius 1 is 1.38 bits per heavy atom. The van der Waals surface area contributed by atoms with Crippen molar-refractivity contribution >= 4 is 0 Å². The fourth-order valence-corrected chi connectivity index (χ4v) is 1.97. The van der Waals surface area contributed by atoms with Crippen molar-refractivity contribution in [3.63, 3.8) is 0 Å². The van der Waals surface area contributed by atoms with Crippen LogP contribution in [0, 0.1) is 5.41 Å². The molecule has 2 rings (SSSR count). The summed E-state index contributed by atoms with van der Waals surface area (Å²) >= 11 is 0. The van der Waals surface area contributed by atoms with Crippen molar-refractivity contribution in [3.8, 4) is 0 Å². The number of fused-ring (bicyclic) bond motifs is 1. The van der Waals surface area contributed by atoms with Crippen LogP contribution < -0.4 is 0 Å². The third-order valence-corrected chi connectivity index (χ3v) is 3.03. The summed E-state index contributed by atoms with van der Waals surface area (Å²) in [6.45, 7) is 10.3. The van der Waals surface area contributed by atoms with E-state index in [1.54, 1.807) is 0 Å². The van der Waals surface area contributed by atoms with Crippen LogP contribution in [0.25, 0.3) is 0 Å². The van der Waals surface area contributed by atoms with E-state index in [2.05, 4.69) is 25.7 Å². The lowest BCUT2D eigenvalue weighted by Gasteiger charge is -2.29. The Bertz CT molecular complexity index is 185. The van der Waals surface area contributed by atoms with Gasteiger partial charge in [-0.2, -0.15) is 0 Å². The van der Waals surface area contributed by atoms with Crippen LogP contribution in [0.5, 0.6) is 0 Å². The van der Waals surface area contributed by atoms with Crippen LogP contribution in [-0.2, 0) is 4.74 Å². The van der Waals surface area contributed by atoms with Crippen molar-refractivity contribution < 1.29 is 4.74 Å². The minimum absolute atomic E-state index is 0.475. The minimum atomic E-state index is 0.475. The highest BCUT2D eigenvalue weighted by atomic mass is 16.5. The lowest BCUT2D eigenvalue weighted by atomic mass is 9.92. The third kappa shape index (κ3) is 2.44. The Hall–Kier alpha value is -0.0800. The third-order valence-electron chi connectivity index (χ3n) is 3.03. The molecule has 13 heavy (non-hydrogen) atoms. The van der Waals surface area contributed by atoms with E-state index in [1.807, 2.05) is 0 Å². The molecule has 2 unspecified atom stereocenters. The molecule has 2 heteroatoms. The summed E-state index contributed by atoms with van der Waals surface area (Å²) in [6, 6.07) is 0.774. The van der Waals surface area contributed by atoms with E-state index in [4.69, 9.17) is 4.74 Å². The number of hydrogen-bond acceptors (Lipinski definition) is 2. The molecule has 0 aromatic rings. The van der Waals surface area contributed by atoms with E-state index in [0.29, 0.717) is 11.5 Å². The maximum atomic E-state index is 5.57. The summed E-state index contributed by atoms with van der Waals surface area (Å²) in [6.07, 6.45) is 3.18. The maximum Gasteiger partial charge on any atom is 0.0747 e. The molecule has 2 nitrogen and oxygen atoms in total. The smallest absolute Gasteiger partial charge is 0.0747 e. The van der Waals surface area contributed by atoms with E-state index < -0.39 is 0 Å². The molecule has 1 aliphatic heterocycles. The Kier molecular flexibility index (Phi) is 2.37. The predicted octanol–water partition coefficient (Wildman–Crippen LogP) is 1.90. The number of rotatable bonds is 2. The van der Waals surface area contributed by atoms with Crippen LogP contribution >= 0.6 is 0 Å². The van der Waals surface area contributed by atoms with Gasteiger partial charge in [-0.3, -0.25) is 4.90 Å². The summed E-state index contributed by atoms with van der Waals surface area (Å²) in [5.74, 6) is 0. The maximum absolute atomic E-state index is 5.57. The molecule has 0 radical (unpaired) electrons. The first-order chi connectivity index (χ1) is 6.06. The number of nitrogens with zero attached hydrogens (tertiary/aromatic N) is 1. The quantitative estimate of drug-likeness (QED) is 0.648. The largest absolute Gasteiger partial charge is 0.375 e. The Labute approximate surface area is 81.3 Å². The number of ether oxygens (including phenoxy) is 1. The lowest BCUT2D eigenvalue weighted by Crippen LogP contribution is -2.38. The predicted molar refractivity (Wildman–Crippen MR) is 53.8 cm³/mol. The van der Waals surface area contributed by atoms with Gasteiger partial charge in [-0.25, -0.2) is 0 Å². The van der Waals surface area contributed by atoms with Gasteiger partial charge < -0.3 is 4.74 Å². The van der Waals surface area contributed by atoms with E-state index in [1.165, 1.54) is 19.4 Å². The minimum Gasteiger partial charge on any atom is -0.375 e. The Balaban J connectivity index is 1.75. The zero-order chi connectivity index (χ0) is 9.47. The summed E-state index contributed by atoms with van der Waals surface area (Å²) in [4.78, 5) is 2.61. The molecule has 0 amide bonds. The van der Waals surface area contributed by atoms with E-state index in [0.717, 1.165) is 19.2 Å². The van der Waals surface area contributed by atoms with Crippen LogP contribution in [-0.4, -0.2) is 36.7 Å². The van der Waals surface area contributed by atoms with Gasteiger partial charge in [-0.15, -0.1) is 0 Å². The molecule has 2 atom stereocenters. The first kappa shape index (κ1) is 9.47. The molecule has 0 spiro atoms. The highest BCUT2D eigenvalue weighted by Gasteiger charge is 2.45. The SMILES string of the molecule is CC(C)(C)CCN1CCOC2CC21. The van der Waals surface area contributed by atoms with Crippen LogP contribution in [0.15, 0.2) is 0 Å². The molecule has 1 aliphatic carbocycles. The fourth-order valence-electron chi connectivity index (χ4n) is 1.97. The second-order valence-electron chi connectivity index (χ2n) is 5.56. The average Bonchev–Trinajstić information content (AvgIpc) is 2.77. The zero-order valence-electron chi connectivity index (χ0n) is 9.05. The first-order valence-corrected chi connectivity index (χ1v) is 5.42. The molecular weight excluding hydrogens is 162 g/mol. The normalized spacial score (nSPS) is 34.4. The standard InChI is InChI=1S/C11H21NO/c1-11(2,3)4-5-12-6-7-13-10-8-9(10)12/h9-10H,4-8H2,1-3H3. The molecule has 0 aromatic heterocycles. The van der Waals surface area contributed by atoms with Crippen LogP contribution in [0.2, 0.25) is 0 Å². The molecule has 0 N–H and O–H groups in total. The van der Waals surface area contributed by atoms with Gasteiger partial charge in [0.1, 0.15) is 0 Å². The zero-order valence-corrected chi connectivity index (χ0v) is 9.05. The molecule has 76 valence electrons. The molecule has 1 heterocycles. The first-order valence-electron chi connectivity index (χ1n) is 5.42. The van der Waals surface area contributed by atoms with Crippen LogP contribution in [0.4, 0.5) is 0 Å². The molecule has 2 aliphatic rings. The van der Waals surface area contributed by atoms with Crippen molar-refractivity contribution in [2.45, 2.75) is 45.8 Å². The number of morpholine rings is 1. The van der Waals surface area contributed by atoms with Crippen LogP contribution in [0.3, 0.4) is 0 Å². The second-order valence-corrected chi connectivity index (χ2v) is 5.56. The molecule has 0 bridgehead atoms. The highest BCUT2D eigenvalue weighted by Crippen LogP contribution is 2.35. The molecule has 1 saturated heterocycles. The van der Waals surface area contributed by atoms with Gasteiger partial charge in [-0.05, 0) is 24.8 Å². The topological polar surface area (TPSA) is 12.5 Å². The summed E-state index contributed by atoms with van der Waals surface area (Å²) in [5, 5.41) is 0.